The minimum atomic E-state index is -3.36. The molecule has 1 unspecified atom stereocenters. The minimum absolute atomic E-state index is 0.0197. The number of likely N-dealkylation sites (tertiary alicyclic amines) is 1. The van der Waals surface area contributed by atoms with Crippen LogP contribution in [0.25, 0.3) is 0 Å². The summed E-state index contributed by atoms with van der Waals surface area (Å²) in [5.41, 5.74) is 1.71. The van der Waals surface area contributed by atoms with Gasteiger partial charge in [-0.25, -0.2) is 8.42 Å². The molecule has 0 bridgehead atoms. The van der Waals surface area contributed by atoms with E-state index in [9.17, 15) is 18.0 Å². The number of hydrogen-bond donors (Lipinski definition) is 2. The highest BCUT2D eigenvalue weighted by Crippen LogP contribution is 2.27. The summed E-state index contributed by atoms with van der Waals surface area (Å²) in [6.45, 7) is 2.10. The highest BCUT2D eigenvalue weighted by atomic mass is 32.2. The molecule has 0 saturated carbocycles. The van der Waals surface area contributed by atoms with Crippen molar-refractivity contribution in [1.82, 2.24) is 4.90 Å². The van der Waals surface area contributed by atoms with Crippen molar-refractivity contribution in [2.75, 3.05) is 22.3 Å². The molecule has 2 aromatic carbocycles. The van der Waals surface area contributed by atoms with Crippen molar-refractivity contribution < 1.29 is 18.0 Å². The Morgan fingerprint density at radius 3 is 2.31 bits per heavy atom. The van der Waals surface area contributed by atoms with Crippen molar-refractivity contribution in [1.29, 1.82) is 0 Å². The number of nitrogens with one attached hydrogen (secondary N) is 2. The number of sulfonamides is 1. The zero-order valence-corrected chi connectivity index (χ0v) is 17.1. The van der Waals surface area contributed by atoms with Crippen molar-refractivity contribution >= 4 is 33.2 Å². The van der Waals surface area contributed by atoms with Gasteiger partial charge in [-0.2, -0.15) is 0 Å². The van der Waals surface area contributed by atoms with Crippen molar-refractivity contribution in [2.45, 2.75) is 32.2 Å². The van der Waals surface area contributed by atoms with Gasteiger partial charge in [0, 0.05) is 24.3 Å². The van der Waals surface area contributed by atoms with E-state index < -0.39 is 16.1 Å². The lowest BCUT2D eigenvalue weighted by molar-refractivity contribution is -0.141. The molecule has 0 aliphatic carbocycles. The molecule has 2 N–H and O–H groups in total. The second-order valence-corrected chi connectivity index (χ2v) is 8.94. The first-order valence-electron chi connectivity index (χ1n) is 9.65. The quantitative estimate of drug-likeness (QED) is 0.726. The van der Waals surface area contributed by atoms with E-state index in [0.29, 0.717) is 24.3 Å². The number of nitrogens with zero attached hydrogens (tertiary/aromatic N) is 1. The number of carbonyl (C=O) groups excluding carboxylic acids is 2. The van der Waals surface area contributed by atoms with Crippen molar-refractivity contribution in [2.24, 2.45) is 0 Å². The summed E-state index contributed by atoms with van der Waals surface area (Å²) in [5, 5.41) is 2.85. The first kappa shape index (κ1) is 20.9. The van der Waals surface area contributed by atoms with Gasteiger partial charge in [0.15, 0.2) is 0 Å². The summed E-state index contributed by atoms with van der Waals surface area (Å²) in [5.74, 6) is -0.341. The molecule has 0 aromatic heterocycles. The molecule has 8 heteroatoms. The van der Waals surface area contributed by atoms with Crippen LogP contribution < -0.4 is 10.0 Å². The van der Waals surface area contributed by atoms with Gasteiger partial charge in [-0.15, -0.1) is 0 Å². The fraction of sp³-hybridized carbons (Fsp3) is 0.333. The fourth-order valence-electron chi connectivity index (χ4n) is 3.29. The van der Waals surface area contributed by atoms with Gasteiger partial charge in [-0.05, 0) is 49.6 Å². The molecule has 3 rings (SSSR count). The van der Waals surface area contributed by atoms with Crippen LogP contribution in [0.4, 0.5) is 11.4 Å². The standard InChI is InChI=1S/C21H25N3O4S/c1-2-29(27,28)23-18-13-11-17(12-14-18)22-21(26)20(16-8-4-3-5-9-16)24-15-7-6-10-19(24)25/h3-5,8-9,11-14,20,23H,2,6-7,10,15H2,1H3,(H,22,26). The van der Waals surface area contributed by atoms with E-state index in [0.717, 1.165) is 18.4 Å². The van der Waals surface area contributed by atoms with E-state index >= 15 is 0 Å². The molecular weight excluding hydrogens is 390 g/mol. The number of carbonyl (C=O) groups is 2. The van der Waals surface area contributed by atoms with Gasteiger partial charge in [0.05, 0.1) is 5.75 Å². The average molecular weight is 416 g/mol. The van der Waals surface area contributed by atoms with Gasteiger partial charge >= 0.3 is 0 Å². The highest BCUT2D eigenvalue weighted by molar-refractivity contribution is 7.92. The molecule has 0 radical (unpaired) electrons. The van der Waals surface area contributed by atoms with Gasteiger partial charge in [0.25, 0.3) is 5.91 Å². The lowest BCUT2D eigenvalue weighted by Gasteiger charge is -2.34. The van der Waals surface area contributed by atoms with Crippen molar-refractivity contribution in [3.8, 4) is 0 Å². The predicted octanol–water partition coefficient (Wildman–Crippen LogP) is 3.14. The van der Waals surface area contributed by atoms with E-state index in [1.807, 2.05) is 30.3 Å². The Hall–Kier alpha value is -2.87. The van der Waals surface area contributed by atoms with Crippen LogP contribution in [-0.4, -0.2) is 37.4 Å². The van der Waals surface area contributed by atoms with Crippen molar-refractivity contribution in [3.63, 3.8) is 0 Å². The molecule has 1 aliphatic heterocycles. The number of piperidine rings is 1. The van der Waals surface area contributed by atoms with Gasteiger partial charge in [-0.3, -0.25) is 14.3 Å². The van der Waals surface area contributed by atoms with Crippen LogP contribution in [0.5, 0.6) is 0 Å². The summed E-state index contributed by atoms with van der Waals surface area (Å²) in [6, 6.07) is 15.0. The SMILES string of the molecule is CCS(=O)(=O)Nc1ccc(NC(=O)C(c2ccccc2)N2CCCCC2=O)cc1. The lowest BCUT2D eigenvalue weighted by Crippen LogP contribution is -2.43. The van der Waals surface area contributed by atoms with E-state index in [4.69, 9.17) is 0 Å². The minimum Gasteiger partial charge on any atom is -0.327 e. The van der Waals surface area contributed by atoms with Crippen LogP contribution in [0.2, 0.25) is 0 Å². The summed E-state index contributed by atoms with van der Waals surface area (Å²) < 4.78 is 25.8. The van der Waals surface area contributed by atoms with Crippen LogP contribution in [0.3, 0.4) is 0 Å². The summed E-state index contributed by atoms with van der Waals surface area (Å²) in [4.78, 5) is 27.2. The van der Waals surface area contributed by atoms with E-state index in [1.54, 1.807) is 36.1 Å². The number of benzene rings is 2. The Balaban J connectivity index is 1.79. The maximum atomic E-state index is 13.1. The fourth-order valence-corrected chi connectivity index (χ4v) is 3.93. The third kappa shape index (κ3) is 5.35. The topological polar surface area (TPSA) is 95.6 Å². The van der Waals surface area contributed by atoms with Gasteiger partial charge in [0.2, 0.25) is 15.9 Å². The molecule has 2 amide bonds. The second kappa shape index (κ2) is 9.09. The maximum Gasteiger partial charge on any atom is 0.251 e. The molecule has 1 aliphatic rings. The predicted molar refractivity (Wildman–Crippen MR) is 113 cm³/mol. The zero-order chi connectivity index (χ0) is 20.9. The molecule has 7 nitrogen and oxygen atoms in total. The smallest absolute Gasteiger partial charge is 0.251 e. The first-order chi connectivity index (χ1) is 13.9. The Kier molecular flexibility index (Phi) is 6.53. The number of hydrogen-bond acceptors (Lipinski definition) is 4. The molecule has 1 heterocycles. The molecule has 0 spiro atoms. The van der Waals surface area contributed by atoms with Gasteiger partial charge < -0.3 is 10.2 Å². The second-order valence-electron chi connectivity index (χ2n) is 6.93. The Morgan fingerprint density at radius 1 is 1.03 bits per heavy atom. The zero-order valence-electron chi connectivity index (χ0n) is 16.3. The normalized spacial score (nSPS) is 15.6. The van der Waals surface area contributed by atoms with Crippen LogP contribution >= 0.6 is 0 Å². The molecule has 2 aromatic rings. The van der Waals surface area contributed by atoms with Gasteiger partial charge in [0.1, 0.15) is 6.04 Å². The molecule has 29 heavy (non-hydrogen) atoms. The molecule has 1 saturated heterocycles. The van der Waals surface area contributed by atoms with Crippen LogP contribution in [-0.2, 0) is 19.6 Å². The average Bonchev–Trinajstić information content (AvgIpc) is 2.72. The van der Waals surface area contributed by atoms with Crippen LogP contribution in [0.1, 0.15) is 37.8 Å². The van der Waals surface area contributed by atoms with E-state index in [1.165, 1.54) is 0 Å². The van der Waals surface area contributed by atoms with E-state index in [2.05, 4.69) is 10.0 Å². The first-order valence-corrected chi connectivity index (χ1v) is 11.3. The number of amides is 2. The Morgan fingerprint density at radius 2 is 1.69 bits per heavy atom. The van der Waals surface area contributed by atoms with E-state index in [-0.39, 0.29) is 17.6 Å². The third-order valence-electron chi connectivity index (χ3n) is 4.84. The molecular formula is C21H25N3O4S. The van der Waals surface area contributed by atoms with Crippen LogP contribution in [0.15, 0.2) is 54.6 Å². The Bertz CT molecular complexity index is 959. The maximum absolute atomic E-state index is 13.1. The van der Waals surface area contributed by atoms with Gasteiger partial charge in [-0.1, -0.05) is 30.3 Å². The number of anilines is 2. The van der Waals surface area contributed by atoms with Crippen molar-refractivity contribution in [3.05, 3.63) is 60.2 Å². The molecule has 1 atom stereocenters. The summed E-state index contributed by atoms with van der Waals surface area (Å²) in [7, 11) is -3.36. The largest absolute Gasteiger partial charge is 0.327 e. The lowest BCUT2D eigenvalue weighted by atomic mass is 10.0. The Labute approximate surface area is 171 Å². The third-order valence-corrected chi connectivity index (χ3v) is 6.15. The molecule has 154 valence electrons. The summed E-state index contributed by atoms with van der Waals surface area (Å²) in [6.07, 6.45) is 2.16. The summed E-state index contributed by atoms with van der Waals surface area (Å²) >= 11 is 0. The highest BCUT2D eigenvalue weighted by Gasteiger charge is 2.32. The van der Waals surface area contributed by atoms with Crippen LogP contribution in [0, 0.1) is 0 Å². The number of rotatable bonds is 7. The molecule has 1 fully saturated rings. The monoisotopic (exact) mass is 415 g/mol.